The zero-order valence-corrected chi connectivity index (χ0v) is 8.88. The fraction of sp³-hybridized carbons (Fsp3) is 0. The largest absolute Gasteiger partial charge is 0.275 e. The number of rotatable bonds is 2. The van der Waals surface area contributed by atoms with Gasteiger partial charge in [-0.25, -0.2) is 0 Å². The summed E-state index contributed by atoms with van der Waals surface area (Å²) in [5.41, 5.74) is 0. The maximum Gasteiger partial charge on any atom is 0.262 e. The van der Waals surface area contributed by atoms with Gasteiger partial charge < -0.3 is 0 Å². The van der Waals surface area contributed by atoms with Gasteiger partial charge in [-0.3, -0.25) is 4.79 Å². The minimum Gasteiger partial charge on any atom is -0.275 e. The van der Waals surface area contributed by atoms with Crippen molar-refractivity contribution in [3.8, 4) is 9.75 Å². The number of thiophene rings is 2. The van der Waals surface area contributed by atoms with E-state index in [1.807, 2.05) is 23.6 Å². The highest BCUT2D eigenvalue weighted by Crippen LogP contribution is 2.31. The minimum atomic E-state index is -0.382. The molecule has 0 spiro atoms. The summed E-state index contributed by atoms with van der Waals surface area (Å²) in [7, 11) is 0. The highest BCUT2D eigenvalue weighted by molar-refractivity contribution is 7.23. The minimum absolute atomic E-state index is 0.382. The second kappa shape index (κ2) is 3.62. The number of carbonyl (C=O) groups is 1. The van der Waals surface area contributed by atoms with Crippen LogP contribution < -0.4 is 0 Å². The van der Waals surface area contributed by atoms with E-state index in [1.54, 1.807) is 17.4 Å². The molecule has 2 heterocycles. The third kappa shape index (κ3) is 1.82. The van der Waals surface area contributed by atoms with Crippen molar-refractivity contribution in [3.05, 3.63) is 34.5 Å². The average molecular weight is 229 g/mol. The van der Waals surface area contributed by atoms with Gasteiger partial charge in [0.05, 0.1) is 4.88 Å². The zero-order chi connectivity index (χ0) is 9.26. The fourth-order valence-electron chi connectivity index (χ4n) is 0.995. The summed E-state index contributed by atoms with van der Waals surface area (Å²) in [6.07, 6.45) is 0. The van der Waals surface area contributed by atoms with Crippen LogP contribution in [-0.2, 0) is 0 Å². The summed E-state index contributed by atoms with van der Waals surface area (Å²) in [5, 5.41) is 1.63. The Labute approximate surface area is 88.6 Å². The third-order valence-corrected chi connectivity index (χ3v) is 4.03. The Morgan fingerprint density at radius 1 is 1.23 bits per heavy atom. The lowest BCUT2D eigenvalue weighted by Crippen LogP contribution is -1.78. The molecule has 0 fully saturated rings. The molecule has 0 atom stereocenters. The quantitative estimate of drug-likeness (QED) is 0.714. The van der Waals surface area contributed by atoms with Crippen LogP contribution in [0.15, 0.2) is 29.6 Å². The van der Waals surface area contributed by atoms with Crippen LogP contribution in [0.2, 0.25) is 0 Å². The van der Waals surface area contributed by atoms with Gasteiger partial charge in [0.1, 0.15) is 0 Å². The SMILES string of the molecule is O=C(Cl)c1ccc(-c2cccs2)s1. The fourth-order valence-corrected chi connectivity index (χ4v) is 2.85. The lowest BCUT2D eigenvalue weighted by atomic mass is 10.4. The molecule has 0 aliphatic heterocycles. The second-order valence-corrected chi connectivity index (χ2v) is 4.79. The molecular weight excluding hydrogens is 224 g/mol. The van der Waals surface area contributed by atoms with Crippen LogP contribution in [0.25, 0.3) is 9.75 Å². The normalized spacial score (nSPS) is 10.2. The van der Waals surface area contributed by atoms with E-state index in [0.29, 0.717) is 4.88 Å². The maximum absolute atomic E-state index is 10.8. The van der Waals surface area contributed by atoms with Crippen molar-refractivity contribution >= 4 is 39.5 Å². The summed E-state index contributed by atoms with van der Waals surface area (Å²) in [6, 6.07) is 7.70. The smallest absolute Gasteiger partial charge is 0.262 e. The van der Waals surface area contributed by atoms with Crippen LogP contribution in [-0.4, -0.2) is 5.24 Å². The van der Waals surface area contributed by atoms with Crippen molar-refractivity contribution in [1.29, 1.82) is 0 Å². The molecular formula is C9H5ClOS2. The first-order chi connectivity index (χ1) is 6.27. The number of hydrogen-bond donors (Lipinski definition) is 0. The Bertz CT molecular complexity index is 417. The number of hydrogen-bond acceptors (Lipinski definition) is 3. The van der Waals surface area contributed by atoms with Gasteiger partial charge in [-0.05, 0) is 35.2 Å². The van der Waals surface area contributed by atoms with E-state index in [1.165, 1.54) is 16.2 Å². The Hall–Kier alpha value is -0.640. The summed E-state index contributed by atoms with van der Waals surface area (Å²) in [5.74, 6) is 0. The topological polar surface area (TPSA) is 17.1 Å². The molecule has 0 N–H and O–H groups in total. The van der Waals surface area contributed by atoms with E-state index < -0.39 is 0 Å². The van der Waals surface area contributed by atoms with Crippen LogP contribution in [0.1, 0.15) is 9.67 Å². The van der Waals surface area contributed by atoms with Crippen LogP contribution in [0, 0.1) is 0 Å². The molecule has 66 valence electrons. The van der Waals surface area contributed by atoms with E-state index in [4.69, 9.17) is 11.6 Å². The molecule has 13 heavy (non-hydrogen) atoms. The molecule has 0 aromatic carbocycles. The van der Waals surface area contributed by atoms with Crippen molar-refractivity contribution in [1.82, 2.24) is 0 Å². The van der Waals surface area contributed by atoms with Gasteiger partial charge in [0.15, 0.2) is 0 Å². The number of carbonyl (C=O) groups excluding carboxylic acids is 1. The first-order valence-corrected chi connectivity index (χ1v) is 5.68. The molecule has 4 heteroatoms. The molecule has 1 nitrogen and oxygen atoms in total. The Morgan fingerprint density at radius 2 is 2.08 bits per heavy atom. The Morgan fingerprint density at radius 3 is 2.62 bits per heavy atom. The highest BCUT2D eigenvalue weighted by atomic mass is 35.5. The molecule has 0 bridgehead atoms. The molecule has 0 aliphatic rings. The van der Waals surface area contributed by atoms with Gasteiger partial charge in [-0.15, -0.1) is 22.7 Å². The molecule has 0 saturated carbocycles. The van der Waals surface area contributed by atoms with Crippen LogP contribution in [0.5, 0.6) is 0 Å². The van der Waals surface area contributed by atoms with Gasteiger partial charge in [-0.1, -0.05) is 6.07 Å². The third-order valence-electron chi connectivity index (χ3n) is 1.56. The highest BCUT2D eigenvalue weighted by Gasteiger charge is 2.07. The summed E-state index contributed by atoms with van der Waals surface area (Å²) in [4.78, 5) is 13.7. The van der Waals surface area contributed by atoms with Crippen molar-refractivity contribution in [2.24, 2.45) is 0 Å². The van der Waals surface area contributed by atoms with Crippen molar-refractivity contribution in [3.63, 3.8) is 0 Å². The van der Waals surface area contributed by atoms with Crippen LogP contribution in [0.3, 0.4) is 0 Å². The maximum atomic E-state index is 10.8. The van der Waals surface area contributed by atoms with E-state index in [9.17, 15) is 4.79 Å². The van der Waals surface area contributed by atoms with E-state index in [0.717, 1.165) is 4.88 Å². The molecule has 0 unspecified atom stereocenters. The Balaban J connectivity index is 2.39. The summed E-state index contributed by atoms with van der Waals surface area (Å²) >= 11 is 8.44. The van der Waals surface area contributed by atoms with Gasteiger partial charge >= 0.3 is 0 Å². The van der Waals surface area contributed by atoms with Crippen molar-refractivity contribution in [2.75, 3.05) is 0 Å². The van der Waals surface area contributed by atoms with Crippen molar-refractivity contribution < 1.29 is 4.79 Å². The summed E-state index contributed by atoms with van der Waals surface area (Å²) < 4.78 is 0. The molecule has 0 saturated heterocycles. The number of halogens is 1. The second-order valence-electron chi connectivity index (χ2n) is 2.41. The monoisotopic (exact) mass is 228 g/mol. The molecule has 0 aliphatic carbocycles. The lowest BCUT2D eigenvalue weighted by Gasteiger charge is -1.86. The molecule has 0 radical (unpaired) electrons. The average Bonchev–Trinajstić information content (AvgIpc) is 2.75. The molecule has 2 rings (SSSR count). The first-order valence-electron chi connectivity index (χ1n) is 3.61. The van der Waals surface area contributed by atoms with Crippen LogP contribution in [0.4, 0.5) is 0 Å². The predicted octanol–water partition coefficient (Wildman–Crippen LogP) is 3.86. The first kappa shape index (κ1) is 8.94. The van der Waals surface area contributed by atoms with E-state index in [-0.39, 0.29) is 5.24 Å². The lowest BCUT2D eigenvalue weighted by molar-refractivity contribution is 0.108. The standard InChI is InChI=1S/C9H5ClOS2/c10-9(11)8-4-3-7(13-8)6-2-1-5-12-6/h1-5H. The zero-order valence-electron chi connectivity index (χ0n) is 6.49. The van der Waals surface area contributed by atoms with E-state index >= 15 is 0 Å². The van der Waals surface area contributed by atoms with E-state index in [2.05, 4.69) is 0 Å². The summed E-state index contributed by atoms with van der Waals surface area (Å²) in [6.45, 7) is 0. The van der Waals surface area contributed by atoms with Gasteiger partial charge in [0.25, 0.3) is 5.24 Å². The molecule has 0 amide bonds. The van der Waals surface area contributed by atoms with Gasteiger partial charge in [0, 0.05) is 9.75 Å². The van der Waals surface area contributed by atoms with Gasteiger partial charge in [-0.2, -0.15) is 0 Å². The van der Waals surface area contributed by atoms with Crippen molar-refractivity contribution in [2.45, 2.75) is 0 Å². The molecule has 2 aromatic rings. The predicted molar refractivity (Wildman–Crippen MR) is 57.8 cm³/mol. The Kier molecular flexibility index (Phi) is 2.49. The molecule has 2 aromatic heterocycles. The van der Waals surface area contributed by atoms with Crippen LogP contribution >= 0.6 is 34.3 Å². The van der Waals surface area contributed by atoms with Gasteiger partial charge in [0.2, 0.25) is 0 Å².